The second-order valence-corrected chi connectivity index (χ2v) is 5.40. The molecule has 0 spiro atoms. The zero-order chi connectivity index (χ0) is 12.2. The molecule has 0 aromatic heterocycles. The number of ether oxygens (including phenoxy) is 1. The van der Waals surface area contributed by atoms with Crippen LogP contribution in [0.25, 0.3) is 0 Å². The topological polar surface area (TPSA) is 29.5 Å². The van der Waals surface area contributed by atoms with Crippen molar-refractivity contribution in [1.29, 1.82) is 0 Å². The van der Waals surface area contributed by atoms with Crippen LogP contribution in [0.2, 0.25) is 0 Å². The van der Waals surface area contributed by atoms with Crippen molar-refractivity contribution in [2.24, 2.45) is 5.92 Å². The molecule has 2 saturated carbocycles. The predicted molar refractivity (Wildman–Crippen MR) is 85.0 cm³/mol. The van der Waals surface area contributed by atoms with Gasteiger partial charge in [-0.3, -0.25) is 0 Å². The van der Waals surface area contributed by atoms with E-state index in [2.05, 4.69) is 0 Å². The van der Waals surface area contributed by atoms with Gasteiger partial charge in [0.25, 0.3) is 0 Å². The van der Waals surface area contributed by atoms with E-state index in [1.807, 2.05) is 0 Å². The fourth-order valence-corrected chi connectivity index (χ4v) is 2.82. The van der Waals surface area contributed by atoms with Crippen LogP contribution < -0.4 is 0 Å². The van der Waals surface area contributed by atoms with Crippen molar-refractivity contribution < 1.29 is 26.9 Å². The smallest absolute Gasteiger partial charge is 0.394 e. The Morgan fingerprint density at radius 3 is 1.75 bits per heavy atom. The van der Waals surface area contributed by atoms with Crippen LogP contribution in [0.15, 0.2) is 0 Å². The third kappa shape index (κ3) is 14.8. The average Bonchev–Trinajstić information content (AvgIpc) is 3.05. The maximum absolute atomic E-state index is 8.45. The van der Waals surface area contributed by atoms with E-state index in [1.54, 1.807) is 0 Å². The van der Waals surface area contributed by atoms with Crippen molar-refractivity contribution in [2.75, 3.05) is 19.8 Å². The van der Waals surface area contributed by atoms with Gasteiger partial charge < -0.3 is 24.7 Å². The number of aliphatic hydroxyl groups excluding tert-OH is 1. The van der Waals surface area contributed by atoms with Gasteiger partial charge in [0, 0.05) is 6.61 Å². The SMILES string of the molecule is C1CCCC1.OCCOCCCC1CCCC1.[CH3-].[CH3-].[Fe+2]. The van der Waals surface area contributed by atoms with Gasteiger partial charge in [-0.15, -0.1) is 0 Å². The molecule has 0 atom stereocenters. The van der Waals surface area contributed by atoms with Crippen LogP contribution in [0.4, 0.5) is 0 Å². The van der Waals surface area contributed by atoms with Crippen LogP contribution in [-0.2, 0) is 21.8 Å². The number of rotatable bonds is 6. The molecule has 0 saturated heterocycles. The Balaban J connectivity index is -0.000000312. The molecule has 0 aliphatic heterocycles. The van der Waals surface area contributed by atoms with E-state index < -0.39 is 0 Å². The van der Waals surface area contributed by atoms with Crippen LogP contribution in [-0.4, -0.2) is 24.9 Å². The Labute approximate surface area is 138 Å². The molecule has 0 radical (unpaired) electrons. The largest absolute Gasteiger partial charge is 2.00 e. The molecule has 2 aliphatic carbocycles. The van der Waals surface area contributed by atoms with Crippen molar-refractivity contribution >= 4 is 0 Å². The number of hydrogen-bond donors (Lipinski definition) is 1. The van der Waals surface area contributed by atoms with Crippen LogP contribution in [0.5, 0.6) is 0 Å². The van der Waals surface area contributed by atoms with E-state index in [4.69, 9.17) is 9.84 Å². The van der Waals surface area contributed by atoms with Crippen LogP contribution in [0.1, 0.15) is 70.6 Å². The standard InChI is InChI=1S/C10H20O2.C5H10.2CH3.Fe/c11-7-9-12-8-3-6-10-4-1-2-5-10;1-2-4-5-3-1;;;/h10-11H,1-9H2;1-5H2;2*1H3;/q;;2*-1;+2. The van der Waals surface area contributed by atoms with Crippen molar-refractivity contribution in [1.82, 2.24) is 0 Å². The molecule has 0 unspecified atom stereocenters. The molecular formula is C17H36FeO2. The summed E-state index contributed by atoms with van der Waals surface area (Å²) in [6.07, 6.45) is 15.7. The number of aliphatic hydroxyl groups is 1. The predicted octanol–water partition coefficient (Wildman–Crippen LogP) is 4.81. The number of hydrogen-bond acceptors (Lipinski definition) is 2. The molecule has 2 nitrogen and oxygen atoms in total. The second-order valence-electron chi connectivity index (χ2n) is 5.40. The summed E-state index contributed by atoms with van der Waals surface area (Å²) in [5.41, 5.74) is 0. The van der Waals surface area contributed by atoms with Gasteiger partial charge in [0.05, 0.1) is 13.2 Å². The molecule has 0 aromatic carbocycles. The van der Waals surface area contributed by atoms with E-state index in [1.165, 1.54) is 70.6 Å². The average molecular weight is 328 g/mol. The maximum Gasteiger partial charge on any atom is 2.00 e. The Morgan fingerprint density at radius 2 is 1.30 bits per heavy atom. The summed E-state index contributed by atoms with van der Waals surface area (Å²) in [6.45, 7) is 1.49. The Hall–Kier alpha value is 0.439. The second kappa shape index (κ2) is 19.4. The summed E-state index contributed by atoms with van der Waals surface area (Å²) in [6, 6.07) is 0. The van der Waals surface area contributed by atoms with Crippen LogP contribution in [0, 0.1) is 20.8 Å². The van der Waals surface area contributed by atoms with Crippen molar-refractivity contribution in [2.45, 2.75) is 70.6 Å². The molecule has 20 heavy (non-hydrogen) atoms. The molecule has 1 N–H and O–H groups in total. The van der Waals surface area contributed by atoms with Crippen molar-refractivity contribution in [3.63, 3.8) is 0 Å². The fraction of sp³-hybridized carbons (Fsp3) is 0.882. The first kappa shape index (κ1) is 25.4. The van der Waals surface area contributed by atoms with Gasteiger partial charge in [-0.05, 0) is 18.8 Å². The molecule has 0 aromatic rings. The van der Waals surface area contributed by atoms with Gasteiger partial charge in [-0.25, -0.2) is 0 Å². The van der Waals surface area contributed by atoms with Crippen molar-refractivity contribution in [3.8, 4) is 0 Å². The molecule has 0 amide bonds. The molecule has 2 aliphatic rings. The Bertz CT molecular complexity index is 147. The minimum absolute atomic E-state index is 0. The van der Waals surface area contributed by atoms with E-state index in [0.29, 0.717) is 6.61 Å². The summed E-state index contributed by atoms with van der Waals surface area (Å²) in [7, 11) is 0. The zero-order valence-corrected chi connectivity index (χ0v) is 14.8. The van der Waals surface area contributed by atoms with Gasteiger partial charge in [-0.1, -0.05) is 57.8 Å². The summed E-state index contributed by atoms with van der Waals surface area (Å²) >= 11 is 0. The molecule has 3 heteroatoms. The van der Waals surface area contributed by atoms with Gasteiger partial charge in [-0.2, -0.15) is 0 Å². The van der Waals surface area contributed by atoms with Crippen LogP contribution in [0.3, 0.4) is 0 Å². The third-order valence-corrected chi connectivity index (χ3v) is 3.86. The summed E-state index contributed by atoms with van der Waals surface area (Å²) < 4.78 is 5.19. The molecular weight excluding hydrogens is 292 g/mol. The van der Waals surface area contributed by atoms with Crippen molar-refractivity contribution in [3.05, 3.63) is 14.9 Å². The van der Waals surface area contributed by atoms with E-state index >= 15 is 0 Å². The normalized spacial score (nSPS) is 17.2. The third-order valence-electron chi connectivity index (χ3n) is 3.86. The van der Waals surface area contributed by atoms with E-state index in [0.717, 1.165) is 12.5 Å². The first-order chi connectivity index (χ1) is 8.43. The Kier molecular flexibility index (Phi) is 24.7. The molecule has 2 fully saturated rings. The summed E-state index contributed by atoms with van der Waals surface area (Å²) in [5, 5.41) is 8.45. The van der Waals surface area contributed by atoms with Crippen LogP contribution >= 0.6 is 0 Å². The maximum atomic E-state index is 8.45. The van der Waals surface area contributed by atoms with E-state index in [-0.39, 0.29) is 38.5 Å². The quantitative estimate of drug-likeness (QED) is 0.430. The zero-order valence-electron chi connectivity index (χ0n) is 13.7. The van der Waals surface area contributed by atoms with Gasteiger partial charge in [0.15, 0.2) is 0 Å². The van der Waals surface area contributed by atoms with Gasteiger partial charge in [0.1, 0.15) is 0 Å². The minimum Gasteiger partial charge on any atom is -0.394 e. The molecule has 2 rings (SSSR count). The first-order valence-corrected chi connectivity index (χ1v) is 7.62. The minimum atomic E-state index is 0. The summed E-state index contributed by atoms with van der Waals surface area (Å²) in [5.74, 6) is 0.975. The fourth-order valence-electron chi connectivity index (χ4n) is 2.82. The molecule has 0 bridgehead atoms. The molecule has 0 heterocycles. The monoisotopic (exact) mass is 328 g/mol. The summed E-state index contributed by atoms with van der Waals surface area (Å²) in [4.78, 5) is 0. The van der Waals surface area contributed by atoms with E-state index in [9.17, 15) is 0 Å². The Morgan fingerprint density at radius 1 is 0.800 bits per heavy atom. The van der Waals surface area contributed by atoms with Gasteiger partial charge >= 0.3 is 17.1 Å². The first-order valence-electron chi connectivity index (χ1n) is 7.62. The van der Waals surface area contributed by atoms with Gasteiger partial charge in [0.2, 0.25) is 0 Å². The molecule has 124 valence electrons.